The Balaban J connectivity index is 2.56. The van der Waals surface area contributed by atoms with Crippen molar-refractivity contribution in [3.05, 3.63) is 22.8 Å². The molecule has 1 aromatic rings. The molecule has 1 amide bonds. The third-order valence-corrected chi connectivity index (χ3v) is 1.65. The number of halogens is 1. The van der Waals surface area contributed by atoms with Gasteiger partial charge >= 0.3 is 5.91 Å². The van der Waals surface area contributed by atoms with Gasteiger partial charge in [-0.25, -0.2) is 4.98 Å². The predicted octanol–water partition coefficient (Wildman–Crippen LogP) is 0.920. The molecule has 5 heteroatoms. The summed E-state index contributed by atoms with van der Waals surface area (Å²) in [6, 6.07) is 3.48. The maximum absolute atomic E-state index is 10.6. The number of carbonyl (C=O) groups is 1. The number of hydrogen-bond donors (Lipinski definition) is 2. The van der Waals surface area contributed by atoms with Crippen LogP contribution in [0.15, 0.2) is 22.8 Å². The third-order valence-electron chi connectivity index (χ3n) is 1.16. The zero-order valence-electron chi connectivity index (χ0n) is 6.54. The summed E-state index contributed by atoms with van der Waals surface area (Å²) in [5, 5.41) is 0. The lowest BCUT2D eigenvalue weighted by Crippen LogP contribution is -2.28. The Labute approximate surface area is 83.8 Å². The van der Waals surface area contributed by atoms with E-state index < -0.39 is 5.91 Å². The van der Waals surface area contributed by atoms with Crippen LogP contribution >= 0.6 is 15.9 Å². The van der Waals surface area contributed by atoms with E-state index in [-0.39, 0.29) is 0 Å². The lowest BCUT2D eigenvalue weighted by molar-refractivity contribution is -0.115. The minimum absolute atomic E-state index is 0.512. The van der Waals surface area contributed by atoms with Crippen molar-refractivity contribution in [2.24, 2.45) is 0 Å². The Morgan fingerprint density at radius 2 is 2.46 bits per heavy atom. The van der Waals surface area contributed by atoms with Crippen molar-refractivity contribution in [3.8, 4) is 12.3 Å². The van der Waals surface area contributed by atoms with Gasteiger partial charge in [0.05, 0.1) is 0 Å². The van der Waals surface area contributed by atoms with Gasteiger partial charge < -0.3 is 0 Å². The van der Waals surface area contributed by atoms with E-state index in [9.17, 15) is 4.79 Å². The van der Waals surface area contributed by atoms with Gasteiger partial charge in [-0.05, 0) is 18.1 Å². The van der Waals surface area contributed by atoms with E-state index in [0.717, 1.165) is 4.47 Å². The minimum Gasteiger partial charge on any atom is -0.281 e. The van der Waals surface area contributed by atoms with Crippen LogP contribution in [0.25, 0.3) is 0 Å². The number of hydrazine groups is 1. The fourth-order valence-electron chi connectivity index (χ4n) is 0.630. The topological polar surface area (TPSA) is 54.0 Å². The van der Waals surface area contributed by atoms with Gasteiger partial charge in [-0.1, -0.05) is 15.9 Å². The lowest BCUT2D eigenvalue weighted by Gasteiger charge is -2.03. The van der Waals surface area contributed by atoms with Gasteiger partial charge in [0.2, 0.25) is 0 Å². The molecular formula is C8H6BrN3O. The second-order valence-electron chi connectivity index (χ2n) is 2.08. The molecule has 0 aliphatic heterocycles. The predicted molar refractivity (Wildman–Crippen MR) is 52.5 cm³/mol. The summed E-state index contributed by atoms with van der Waals surface area (Å²) in [5.74, 6) is 1.87. The maximum atomic E-state index is 10.6. The molecule has 0 radical (unpaired) electrons. The first kappa shape index (κ1) is 9.55. The first-order chi connectivity index (χ1) is 6.22. The van der Waals surface area contributed by atoms with E-state index in [1.165, 1.54) is 0 Å². The molecule has 0 bridgehead atoms. The highest BCUT2D eigenvalue weighted by molar-refractivity contribution is 9.10. The summed E-state index contributed by atoms with van der Waals surface area (Å²) in [6.45, 7) is 0. The Hall–Kier alpha value is -1.54. The van der Waals surface area contributed by atoms with Crippen LogP contribution in [0, 0.1) is 12.3 Å². The summed E-state index contributed by atoms with van der Waals surface area (Å²) in [6.07, 6.45) is 6.43. The van der Waals surface area contributed by atoms with E-state index in [2.05, 4.69) is 31.8 Å². The van der Waals surface area contributed by atoms with Crippen LogP contribution in [0.4, 0.5) is 5.82 Å². The maximum Gasteiger partial charge on any atom is 0.314 e. The fraction of sp³-hybridized carbons (Fsp3) is 0. The zero-order valence-corrected chi connectivity index (χ0v) is 8.13. The average Bonchev–Trinajstić information content (AvgIpc) is 2.14. The number of rotatable bonds is 2. The van der Waals surface area contributed by atoms with E-state index in [1.54, 1.807) is 18.3 Å². The van der Waals surface area contributed by atoms with Gasteiger partial charge in [0.25, 0.3) is 0 Å². The number of carbonyl (C=O) groups excluding carboxylic acids is 1. The summed E-state index contributed by atoms with van der Waals surface area (Å²) in [4.78, 5) is 14.5. The molecule has 1 heterocycles. The van der Waals surface area contributed by atoms with E-state index in [0.29, 0.717) is 5.82 Å². The lowest BCUT2D eigenvalue weighted by atomic mass is 10.5. The van der Waals surface area contributed by atoms with Gasteiger partial charge in [-0.15, -0.1) is 6.42 Å². The average molecular weight is 240 g/mol. The number of pyridine rings is 1. The van der Waals surface area contributed by atoms with Crippen LogP contribution in [0.1, 0.15) is 0 Å². The molecule has 66 valence electrons. The molecule has 0 saturated carbocycles. The van der Waals surface area contributed by atoms with Crippen LogP contribution in [0.2, 0.25) is 0 Å². The van der Waals surface area contributed by atoms with Crippen molar-refractivity contribution in [1.82, 2.24) is 10.4 Å². The third kappa shape index (κ3) is 3.13. The molecule has 0 aromatic carbocycles. The molecule has 0 saturated heterocycles. The first-order valence-electron chi connectivity index (χ1n) is 3.36. The summed E-state index contributed by atoms with van der Waals surface area (Å²) < 4.78 is 0.861. The molecule has 0 atom stereocenters. The molecule has 0 aliphatic rings. The van der Waals surface area contributed by atoms with Crippen molar-refractivity contribution in [1.29, 1.82) is 0 Å². The summed E-state index contributed by atoms with van der Waals surface area (Å²) in [7, 11) is 0. The second-order valence-corrected chi connectivity index (χ2v) is 3.00. The monoisotopic (exact) mass is 239 g/mol. The molecule has 0 fully saturated rings. The van der Waals surface area contributed by atoms with Crippen molar-refractivity contribution in [2.45, 2.75) is 0 Å². The van der Waals surface area contributed by atoms with Gasteiger partial charge in [0, 0.05) is 10.7 Å². The van der Waals surface area contributed by atoms with Gasteiger partial charge in [0.1, 0.15) is 5.82 Å². The molecule has 0 spiro atoms. The van der Waals surface area contributed by atoms with Crippen LogP contribution < -0.4 is 10.9 Å². The van der Waals surface area contributed by atoms with E-state index >= 15 is 0 Å². The van der Waals surface area contributed by atoms with Gasteiger partial charge in [-0.2, -0.15) is 0 Å². The second kappa shape index (κ2) is 4.48. The normalized spacial score (nSPS) is 8.62. The highest BCUT2D eigenvalue weighted by Crippen LogP contribution is 2.11. The molecule has 0 aliphatic carbocycles. The molecule has 1 aromatic heterocycles. The number of nitrogens with one attached hydrogen (secondary N) is 2. The molecule has 2 N–H and O–H groups in total. The van der Waals surface area contributed by atoms with Crippen LogP contribution in [0.5, 0.6) is 0 Å². The quantitative estimate of drug-likeness (QED) is 0.597. The fourth-order valence-corrected chi connectivity index (χ4v) is 0.965. The van der Waals surface area contributed by atoms with Gasteiger partial charge in [0.15, 0.2) is 0 Å². The smallest absolute Gasteiger partial charge is 0.281 e. The number of anilines is 1. The highest BCUT2D eigenvalue weighted by atomic mass is 79.9. The van der Waals surface area contributed by atoms with Crippen molar-refractivity contribution in [3.63, 3.8) is 0 Å². The van der Waals surface area contributed by atoms with Crippen LogP contribution in [-0.2, 0) is 4.79 Å². The largest absolute Gasteiger partial charge is 0.314 e. The van der Waals surface area contributed by atoms with Crippen molar-refractivity contribution >= 4 is 27.7 Å². The Kier molecular flexibility index (Phi) is 3.29. The van der Waals surface area contributed by atoms with E-state index in [4.69, 9.17) is 6.42 Å². The number of aromatic nitrogens is 1. The van der Waals surface area contributed by atoms with Crippen LogP contribution in [0.3, 0.4) is 0 Å². The molecular weight excluding hydrogens is 234 g/mol. The minimum atomic E-state index is -0.540. The molecule has 1 rings (SSSR count). The van der Waals surface area contributed by atoms with Gasteiger partial charge in [-0.3, -0.25) is 15.6 Å². The number of nitrogens with zero attached hydrogens (tertiary/aromatic N) is 1. The highest BCUT2D eigenvalue weighted by Gasteiger charge is 1.95. The number of terminal acetylenes is 1. The molecule has 13 heavy (non-hydrogen) atoms. The van der Waals surface area contributed by atoms with Crippen LogP contribution in [-0.4, -0.2) is 10.9 Å². The first-order valence-corrected chi connectivity index (χ1v) is 4.16. The molecule has 0 unspecified atom stereocenters. The van der Waals surface area contributed by atoms with Crippen molar-refractivity contribution in [2.75, 3.05) is 5.43 Å². The SMILES string of the molecule is C#CC(=O)NNc1cc(Br)ccn1. The Morgan fingerprint density at radius 3 is 3.08 bits per heavy atom. The zero-order chi connectivity index (χ0) is 9.68. The molecule has 4 nitrogen and oxygen atoms in total. The Bertz CT molecular complexity index is 359. The standard InChI is InChI=1S/C8H6BrN3O/c1-2-8(13)12-11-7-5-6(9)3-4-10-7/h1,3-5H,(H,10,11)(H,12,13). The summed E-state index contributed by atoms with van der Waals surface area (Å²) in [5.41, 5.74) is 4.82. The van der Waals surface area contributed by atoms with E-state index in [1.807, 2.05) is 5.92 Å². The number of amides is 1. The number of hydrogen-bond acceptors (Lipinski definition) is 3. The Morgan fingerprint density at radius 1 is 1.69 bits per heavy atom. The summed E-state index contributed by atoms with van der Waals surface area (Å²) >= 11 is 3.25. The van der Waals surface area contributed by atoms with Crippen molar-refractivity contribution < 1.29 is 4.79 Å².